The third-order valence-electron chi connectivity index (χ3n) is 6.33. The summed E-state index contributed by atoms with van der Waals surface area (Å²) >= 11 is 0. The lowest BCUT2D eigenvalue weighted by molar-refractivity contribution is -0.161. The number of rotatable bonds is 21. The van der Waals surface area contributed by atoms with Crippen molar-refractivity contribution in [2.45, 2.75) is 142 Å². The fourth-order valence-corrected chi connectivity index (χ4v) is 4.28. The molecule has 1 heterocycles. The molecule has 0 spiro atoms. The number of ether oxygens (including phenoxy) is 4. The zero-order chi connectivity index (χ0) is 25.9. The van der Waals surface area contributed by atoms with Gasteiger partial charge in [0.2, 0.25) is 5.79 Å². The molecule has 0 aliphatic carbocycles. The molecule has 0 radical (unpaired) electrons. The lowest BCUT2D eigenvalue weighted by atomic mass is 9.94. The zero-order valence-corrected chi connectivity index (χ0v) is 22.7. The van der Waals surface area contributed by atoms with E-state index in [1.165, 1.54) is 51.4 Å². The molecule has 1 saturated heterocycles. The van der Waals surface area contributed by atoms with E-state index in [1.54, 1.807) is 13.8 Å². The number of hydrogen-bond acceptors (Lipinski definition) is 7. The molecule has 1 aliphatic rings. The summed E-state index contributed by atoms with van der Waals surface area (Å²) in [7, 11) is 0. The minimum Gasteiger partial charge on any atom is -0.466 e. The first-order valence-corrected chi connectivity index (χ1v) is 14.0. The molecule has 1 fully saturated rings. The van der Waals surface area contributed by atoms with E-state index in [0.29, 0.717) is 13.0 Å². The number of hydrogen-bond donors (Lipinski definition) is 0. The van der Waals surface area contributed by atoms with Crippen LogP contribution in [0.5, 0.6) is 0 Å². The van der Waals surface area contributed by atoms with Crippen molar-refractivity contribution < 1.29 is 33.3 Å². The standard InChI is InChI=1S/C28H50O7/c1-5-7-9-11-12-15-19-23(18-14-10-8-6-2)26(30)33-21-17-13-16-20-32-25(29)22-24-27(31)35-28(3,4)34-24/h23-24H,5-22H2,1-4H3/t23?,24-/m0/s1. The molecule has 204 valence electrons. The third-order valence-corrected chi connectivity index (χ3v) is 6.33. The van der Waals surface area contributed by atoms with E-state index < -0.39 is 23.8 Å². The highest BCUT2D eigenvalue weighted by Crippen LogP contribution is 2.25. The SMILES string of the molecule is CCCCCCCCC(CCCCCC)C(=O)OCCCCCOC(=O)C[C@@H]1OC(C)(C)OC1=O. The van der Waals surface area contributed by atoms with Crippen LogP contribution in [-0.4, -0.2) is 43.0 Å². The Morgan fingerprint density at radius 2 is 1.31 bits per heavy atom. The van der Waals surface area contributed by atoms with Gasteiger partial charge in [0.25, 0.3) is 0 Å². The van der Waals surface area contributed by atoms with Gasteiger partial charge in [-0.1, -0.05) is 78.1 Å². The number of esters is 3. The average Bonchev–Trinajstić information content (AvgIpc) is 3.07. The highest BCUT2D eigenvalue weighted by Gasteiger charge is 2.42. The molecule has 0 aromatic rings. The zero-order valence-electron chi connectivity index (χ0n) is 22.7. The van der Waals surface area contributed by atoms with Gasteiger partial charge < -0.3 is 18.9 Å². The van der Waals surface area contributed by atoms with Gasteiger partial charge in [0.15, 0.2) is 6.10 Å². The van der Waals surface area contributed by atoms with Gasteiger partial charge in [0.1, 0.15) is 0 Å². The summed E-state index contributed by atoms with van der Waals surface area (Å²) in [5.41, 5.74) is 0. The minimum atomic E-state index is -0.997. The summed E-state index contributed by atoms with van der Waals surface area (Å²) in [6.07, 6.45) is 15.1. The van der Waals surface area contributed by atoms with Gasteiger partial charge in [-0.25, -0.2) is 4.79 Å². The Labute approximate surface area is 213 Å². The molecule has 1 unspecified atom stereocenters. The van der Waals surface area contributed by atoms with Crippen LogP contribution in [-0.2, 0) is 33.3 Å². The summed E-state index contributed by atoms with van der Waals surface area (Å²) in [6, 6.07) is 0. The summed E-state index contributed by atoms with van der Waals surface area (Å²) in [6.45, 7) is 8.37. The van der Waals surface area contributed by atoms with Crippen LogP contribution in [0.4, 0.5) is 0 Å². The van der Waals surface area contributed by atoms with Crippen LogP contribution in [0, 0.1) is 5.92 Å². The lowest BCUT2D eigenvalue weighted by Crippen LogP contribution is -2.24. The van der Waals surface area contributed by atoms with Crippen molar-refractivity contribution in [3.8, 4) is 0 Å². The van der Waals surface area contributed by atoms with Gasteiger partial charge in [-0.05, 0) is 32.1 Å². The van der Waals surface area contributed by atoms with Crippen LogP contribution in [0.25, 0.3) is 0 Å². The smallest absolute Gasteiger partial charge is 0.338 e. The molecule has 35 heavy (non-hydrogen) atoms. The van der Waals surface area contributed by atoms with Crippen molar-refractivity contribution in [3.05, 3.63) is 0 Å². The van der Waals surface area contributed by atoms with Crippen LogP contribution in [0.2, 0.25) is 0 Å². The summed E-state index contributed by atoms with van der Waals surface area (Å²) < 4.78 is 21.2. The first kappa shape index (κ1) is 31.4. The van der Waals surface area contributed by atoms with Gasteiger partial charge in [-0.2, -0.15) is 0 Å². The molecule has 0 saturated carbocycles. The van der Waals surface area contributed by atoms with Crippen LogP contribution in [0.1, 0.15) is 130 Å². The van der Waals surface area contributed by atoms with E-state index in [9.17, 15) is 14.4 Å². The quantitative estimate of drug-likeness (QED) is 0.0994. The van der Waals surface area contributed by atoms with Crippen molar-refractivity contribution in [2.75, 3.05) is 13.2 Å². The highest BCUT2D eigenvalue weighted by atomic mass is 16.8. The molecule has 0 aromatic carbocycles. The van der Waals surface area contributed by atoms with Gasteiger partial charge in [-0.3, -0.25) is 9.59 Å². The van der Waals surface area contributed by atoms with E-state index >= 15 is 0 Å². The normalized spacial score (nSPS) is 17.7. The molecule has 7 heteroatoms. The van der Waals surface area contributed by atoms with Gasteiger partial charge >= 0.3 is 17.9 Å². The second kappa shape index (κ2) is 18.6. The molecule has 0 bridgehead atoms. The Kier molecular flexibility index (Phi) is 16.7. The van der Waals surface area contributed by atoms with E-state index in [4.69, 9.17) is 18.9 Å². The van der Waals surface area contributed by atoms with E-state index in [-0.39, 0.29) is 24.9 Å². The number of unbranched alkanes of at least 4 members (excludes halogenated alkanes) is 10. The van der Waals surface area contributed by atoms with Crippen LogP contribution >= 0.6 is 0 Å². The van der Waals surface area contributed by atoms with Crippen molar-refractivity contribution in [3.63, 3.8) is 0 Å². The van der Waals surface area contributed by atoms with Gasteiger partial charge in [-0.15, -0.1) is 0 Å². The van der Waals surface area contributed by atoms with E-state index in [0.717, 1.165) is 38.5 Å². The summed E-state index contributed by atoms with van der Waals surface area (Å²) in [4.78, 5) is 36.2. The van der Waals surface area contributed by atoms with Crippen molar-refractivity contribution >= 4 is 17.9 Å². The summed E-state index contributed by atoms with van der Waals surface area (Å²) in [5.74, 6) is -2.03. The number of carbonyl (C=O) groups is 3. The molecule has 7 nitrogen and oxygen atoms in total. The second-order valence-electron chi connectivity index (χ2n) is 10.2. The van der Waals surface area contributed by atoms with E-state index in [2.05, 4.69) is 13.8 Å². The Morgan fingerprint density at radius 1 is 0.800 bits per heavy atom. The fourth-order valence-electron chi connectivity index (χ4n) is 4.28. The second-order valence-corrected chi connectivity index (χ2v) is 10.2. The molecule has 1 rings (SSSR count). The fraction of sp³-hybridized carbons (Fsp3) is 0.893. The topological polar surface area (TPSA) is 88.1 Å². The Morgan fingerprint density at radius 3 is 1.89 bits per heavy atom. The van der Waals surface area contributed by atoms with Crippen molar-refractivity contribution in [1.29, 1.82) is 0 Å². The van der Waals surface area contributed by atoms with E-state index in [1.807, 2.05) is 0 Å². The number of carbonyl (C=O) groups excluding carboxylic acids is 3. The maximum Gasteiger partial charge on any atom is 0.338 e. The predicted molar refractivity (Wildman–Crippen MR) is 136 cm³/mol. The average molecular weight is 499 g/mol. The van der Waals surface area contributed by atoms with Crippen LogP contribution in [0.15, 0.2) is 0 Å². The van der Waals surface area contributed by atoms with Gasteiger partial charge in [0.05, 0.1) is 25.6 Å². The minimum absolute atomic E-state index is 0.0217. The largest absolute Gasteiger partial charge is 0.466 e. The van der Waals surface area contributed by atoms with Crippen LogP contribution < -0.4 is 0 Å². The maximum absolute atomic E-state index is 12.6. The van der Waals surface area contributed by atoms with Crippen LogP contribution in [0.3, 0.4) is 0 Å². The molecule has 0 N–H and O–H groups in total. The lowest BCUT2D eigenvalue weighted by Gasteiger charge is -2.16. The van der Waals surface area contributed by atoms with Crippen molar-refractivity contribution in [2.24, 2.45) is 5.92 Å². The number of cyclic esters (lactones) is 1. The molecular formula is C28H50O7. The maximum atomic E-state index is 12.6. The first-order chi connectivity index (χ1) is 16.8. The monoisotopic (exact) mass is 498 g/mol. The Hall–Kier alpha value is -1.63. The molecule has 2 atom stereocenters. The first-order valence-electron chi connectivity index (χ1n) is 14.0. The summed E-state index contributed by atoms with van der Waals surface area (Å²) in [5, 5.41) is 0. The molecule has 0 amide bonds. The molecular weight excluding hydrogens is 448 g/mol. The highest BCUT2D eigenvalue weighted by molar-refractivity contribution is 5.83. The Bertz CT molecular complexity index is 602. The molecule has 0 aromatic heterocycles. The van der Waals surface area contributed by atoms with Crippen molar-refractivity contribution in [1.82, 2.24) is 0 Å². The molecule has 1 aliphatic heterocycles. The third kappa shape index (κ3) is 15.2. The Balaban J connectivity index is 2.17. The van der Waals surface area contributed by atoms with Gasteiger partial charge in [0, 0.05) is 13.8 Å². The predicted octanol–water partition coefficient (Wildman–Crippen LogP) is 6.65.